The van der Waals surface area contributed by atoms with Crippen molar-refractivity contribution in [3.63, 3.8) is 0 Å². The van der Waals surface area contributed by atoms with Gasteiger partial charge >= 0.3 is 0 Å². The van der Waals surface area contributed by atoms with Crippen LogP contribution in [0, 0.1) is 0 Å². The number of rotatable bonds is 6. The van der Waals surface area contributed by atoms with E-state index in [1.54, 1.807) is 21.3 Å². The quantitative estimate of drug-likeness (QED) is 0.433. The third kappa shape index (κ3) is 3.07. The third-order valence-corrected chi connectivity index (χ3v) is 4.83. The second-order valence-corrected chi connectivity index (χ2v) is 6.45. The summed E-state index contributed by atoms with van der Waals surface area (Å²) in [5.41, 5.74) is 3.96. The van der Waals surface area contributed by atoms with Crippen molar-refractivity contribution in [2.45, 2.75) is 6.42 Å². The topological polar surface area (TPSA) is 40.8 Å². The molecule has 142 valence electrons. The van der Waals surface area contributed by atoms with Crippen LogP contribution in [0.1, 0.15) is 11.3 Å². The van der Waals surface area contributed by atoms with Gasteiger partial charge in [-0.15, -0.1) is 0 Å². The highest BCUT2D eigenvalue weighted by Crippen LogP contribution is 2.49. The van der Waals surface area contributed by atoms with E-state index in [1.807, 2.05) is 42.5 Å². The maximum absolute atomic E-state index is 6.33. The Kier molecular flexibility index (Phi) is 4.94. The molecule has 0 spiro atoms. The van der Waals surface area contributed by atoms with Crippen LogP contribution in [0.5, 0.6) is 17.2 Å². The maximum atomic E-state index is 6.33. The molecule has 4 heteroatoms. The molecule has 0 amide bonds. The van der Waals surface area contributed by atoms with Crippen molar-refractivity contribution in [1.29, 1.82) is 0 Å². The molecule has 0 saturated heterocycles. The molecule has 0 aliphatic heterocycles. The first kappa shape index (κ1) is 18.0. The van der Waals surface area contributed by atoms with Crippen LogP contribution in [0.3, 0.4) is 0 Å². The molecule has 0 saturated carbocycles. The SMILES string of the molecule is COc1cc2oc(Cc3ccccc3)c(-c3ccccc3)c2c(OC)c1OC. The lowest BCUT2D eigenvalue weighted by Gasteiger charge is -2.13. The highest BCUT2D eigenvalue weighted by Gasteiger charge is 2.25. The zero-order valence-electron chi connectivity index (χ0n) is 16.2. The fourth-order valence-electron chi connectivity index (χ4n) is 3.59. The van der Waals surface area contributed by atoms with E-state index in [1.165, 1.54) is 5.56 Å². The highest BCUT2D eigenvalue weighted by molar-refractivity contribution is 6.03. The second kappa shape index (κ2) is 7.69. The Morgan fingerprint density at radius 2 is 1.39 bits per heavy atom. The first-order valence-electron chi connectivity index (χ1n) is 9.10. The maximum Gasteiger partial charge on any atom is 0.204 e. The molecule has 4 nitrogen and oxygen atoms in total. The van der Waals surface area contributed by atoms with E-state index in [0.29, 0.717) is 29.3 Å². The molecule has 0 N–H and O–H groups in total. The van der Waals surface area contributed by atoms with Crippen molar-refractivity contribution in [3.8, 4) is 28.4 Å². The summed E-state index contributed by atoms with van der Waals surface area (Å²) < 4.78 is 23.2. The summed E-state index contributed by atoms with van der Waals surface area (Å²) in [4.78, 5) is 0. The fourth-order valence-corrected chi connectivity index (χ4v) is 3.59. The van der Waals surface area contributed by atoms with Crippen molar-refractivity contribution >= 4 is 11.0 Å². The average Bonchev–Trinajstić information content (AvgIpc) is 3.10. The van der Waals surface area contributed by atoms with Gasteiger partial charge in [-0.1, -0.05) is 60.7 Å². The van der Waals surface area contributed by atoms with Gasteiger partial charge in [-0.3, -0.25) is 0 Å². The molecule has 0 aliphatic carbocycles. The van der Waals surface area contributed by atoms with E-state index in [4.69, 9.17) is 18.6 Å². The van der Waals surface area contributed by atoms with Gasteiger partial charge in [0.2, 0.25) is 5.75 Å². The first-order valence-corrected chi connectivity index (χ1v) is 9.10. The van der Waals surface area contributed by atoms with Crippen LogP contribution in [0.15, 0.2) is 71.1 Å². The van der Waals surface area contributed by atoms with Crippen molar-refractivity contribution in [1.82, 2.24) is 0 Å². The zero-order valence-corrected chi connectivity index (χ0v) is 16.2. The predicted molar refractivity (Wildman–Crippen MR) is 111 cm³/mol. The Hall–Kier alpha value is -3.40. The van der Waals surface area contributed by atoms with Crippen molar-refractivity contribution < 1.29 is 18.6 Å². The largest absolute Gasteiger partial charge is 0.493 e. The predicted octanol–water partition coefficient (Wildman–Crippen LogP) is 5.72. The van der Waals surface area contributed by atoms with E-state index < -0.39 is 0 Å². The van der Waals surface area contributed by atoms with E-state index in [9.17, 15) is 0 Å². The van der Waals surface area contributed by atoms with E-state index >= 15 is 0 Å². The number of hydrogen-bond acceptors (Lipinski definition) is 4. The lowest BCUT2D eigenvalue weighted by Crippen LogP contribution is -1.96. The molecular weight excluding hydrogens is 352 g/mol. The Morgan fingerprint density at radius 1 is 0.750 bits per heavy atom. The van der Waals surface area contributed by atoms with Crippen LogP contribution in [-0.4, -0.2) is 21.3 Å². The normalized spacial score (nSPS) is 10.8. The van der Waals surface area contributed by atoms with Crippen molar-refractivity contribution in [2.24, 2.45) is 0 Å². The van der Waals surface area contributed by atoms with Gasteiger partial charge in [0.15, 0.2) is 11.5 Å². The molecule has 0 atom stereocenters. The van der Waals surface area contributed by atoms with Crippen molar-refractivity contribution in [2.75, 3.05) is 21.3 Å². The van der Waals surface area contributed by atoms with E-state index in [0.717, 1.165) is 22.3 Å². The molecule has 3 aromatic carbocycles. The van der Waals surface area contributed by atoms with Gasteiger partial charge in [0, 0.05) is 18.1 Å². The van der Waals surface area contributed by atoms with Crippen LogP contribution in [0.25, 0.3) is 22.1 Å². The van der Waals surface area contributed by atoms with Crippen molar-refractivity contribution in [3.05, 3.63) is 78.1 Å². The number of fused-ring (bicyclic) bond motifs is 1. The fraction of sp³-hybridized carbons (Fsp3) is 0.167. The number of ether oxygens (including phenoxy) is 3. The third-order valence-electron chi connectivity index (χ3n) is 4.83. The molecule has 0 aliphatic rings. The lowest BCUT2D eigenvalue weighted by atomic mass is 9.98. The summed E-state index contributed by atoms with van der Waals surface area (Å²) in [6.45, 7) is 0. The molecule has 0 radical (unpaired) electrons. The first-order chi connectivity index (χ1) is 13.8. The van der Waals surface area contributed by atoms with Gasteiger partial charge in [0.25, 0.3) is 0 Å². The minimum Gasteiger partial charge on any atom is -0.493 e. The number of hydrogen-bond donors (Lipinski definition) is 0. The summed E-state index contributed by atoms with van der Waals surface area (Å²) in [7, 11) is 4.85. The van der Waals surface area contributed by atoms with Gasteiger partial charge < -0.3 is 18.6 Å². The Bertz CT molecular complexity index is 1080. The zero-order chi connectivity index (χ0) is 19.5. The smallest absolute Gasteiger partial charge is 0.204 e. The van der Waals surface area contributed by atoms with E-state index in [-0.39, 0.29) is 0 Å². The Labute approximate surface area is 164 Å². The lowest BCUT2D eigenvalue weighted by molar-refractivity contribution is 0.326. The van der Waals surface area contributed by atoms with Gasteiger partial charge in [-0.25, -0.2) is 0 Å². The van der Waals surface area contributed by atoms with Crippen LogP contribution in [0.2, 0.25) is 0 Å². The number of methoxy groups -OCH3 is 3. The molecule has 4 rings (SSSR count). The second-order valence-electron chi connectivity index (χ2n) is 6.45. The minimum atomic E-state index is 0.557. The standard InChI is InChI=1S/C24H22O4/c1-25-20-15-19-22(24(27-3)23(20)26-2)21(17-12-8-5-9-13-17)18(28-19)14-16-10-6-4-7-11-16/h4-13,15H,14H2,1-3H3. The monoisotopic (exact) mass is 374 g/mol. The summed E-state index contributed by atoms with van der Waals surface area (Å²) in [6, 6.07) is 22.3. The molecule has 28 heavy (non-hydrogen) atoms. The van der Waals surface area contributed by atoms with Gasteiger partial charge in [0.05, 0.1) is 26.7 Å². The highest BCUT2D eigenvalue weighted by atomic mass is 16.5. The molecule has 0 unspecified atom stereocenters. The summed E-state index contributed by atoms with van der Waals surface area (Å²) in [5, 5.41) is 0.886. The van der Waals surface area contributed by atoms with Gasteiger partial charge in [-0.05, 0) is 11.1 Å². The molecule has 1 aromatic heterocycles. The molecule has 4 aromatic rings. The van der Waals surface area contributed by atoms with E-state index in [2.05, 4.69) is 24.3 Å². The molecule has 0 fully saturated rings. The summed E-state index contributed by atoms with van der Waals surface area (Å²) in [5.74, 6) is 2.62. The molecule has 0 bridgehead atoms. The summed E-state index contributed by atoms with van der Waals surface area (Å²) >= 11 is 0. The minimum absolute atomic E-state index is 0.557. The summed E-state index contributed by atoms with van der Waals surface area (Å²) in [6.07, 6.45) is 0.674. The average molecular weight is 374 g/mol. The van der Waals surface area contributed by atoms with Crippen LogP contribution < -0.4 is 14.2 Å². The Balaban J connectivity index is 2.03. The van der Waals surface area contributed by atoms with Crippen LogP contribution in [0.4, 0.5) is 0 Å². The van der Waals surface area contributed by atoms with Gasteiger partial charge in [0.1, 0.15) is 11.3 Å². The molecule has 1 heterocycles. The number of furan rings is 1. The number of benzene rings is 3. The van der Waals surface area contributed by atoms with Gasteiger partial charge in [-0.2, -0.15) is 0 Å². The van der Waals surface area contributed by atoms with Crippen LogP contribution >= 0.6 is 0 Å². The Morgan fingerprint density at radius 3 is 2.00 bits per heavy atom. The van der Waals surface area contributed by atoms with Crippen LogP contribution in [-0.2, 0) is 6.42 Å². The molecular formula is C24H22O4.